The van der Waals surface area contributed by atoms with Gasteiger partial charge in [0.2, 0.25) is 23.6 Å². The molecule has 11 rings (SSSR count). The van der Waals surface area contributed by atoms with Crippen molar-refractivity contribution in [2.45, 2.75) is 12.8 Å². The smallest absolute Gasteiger partial charge is 0.317 e. The zero-order valence-electron chi connectivity index (χ0n) is 36.0. The summed E-state index contributed by atoms with van der Waals surface area (Å²) < 4.78 is 0. The van der Waals surface area contributed by atoms with Crippen LogP contribution in [0.25, 0.3) is 0 Å². The predicted molar refractivity (Wildman–Crippen MR) is 242 cm³/mol. The predicted octanol–water partition coefficient (Wildman–Crippen LogP) is 1.88. The first-order valence-corrected chi connectivity index (χ1v) is 20.9. The molecule has 7 aliphatic heterocycles. The number of carboxylic acids is 4. The molecule has 66 heavy (non-hydrogen) atoms. The first-order valence-electron chi connectivity index (χ1n) is 20.9. The van der Waals surface area contributed by atoms with Gasteiger partial charge in [-0.25, -0.2) is 0 Å². The van der Waals surface area contributed by atoms with E-state index >= 15 is 0 Å². The van der Waals surface area contributed by atoms with E-state index in [-0.39, 0.29) is 52.4 Å². The van der Waals surface area contributed by atoms with Crippen LogP contribution in [0.3, 0.4) is 0 Å². The molecule has 0 aliphatic carbocycles. The molecule has 0 fully saturated rings. The number of amides is 4. The molecule has 8 bridgehead atoms. The van der Waals surface area contributed by atoms with Gasteiger partial charge in [-0.2, -0.15) is 0 Å². The largest absolute Gasteiger partial charge is 0.480 e. The molecule has 0 saturated heterocycles. The Hall–Kier alpha value is -7.52. The number of rotatable bonds is 8. The van der Waals surface area contributed by atoms with Gasteiger partial charge in [0, 0.05) is 48.9 Å². The van der Waals surface area contributed by atoms with E-state index in [4.69, 9.17) is 0 Å². The van der Waals surface area contributed by atoms with Gasteiger partial charge in [-0.1, -0.05) is 48.5 Å². The van der Waals surface area contributed by atoms with Crippen LogP contribution >= 0.6 is 0 Å². The van der Waals surface area contributed by atoms with Gasteiger partial charge in [-0.3, -0.25) is 58.0 Å². The average Bonchev–Trinajstić information content (AvgIpc) is 3.23. The van der Waals surface area contributed by atoms with E-state index in [9.17, 15) is 58.8 Å². The van der Waals surface area contributed by atoms with Gasteiger partial charge in [0.25, 0.3) is 0 Å². The Morgan fingerprint density at radius 2 is 0.530 bits per heavy atom. The second kappa shape index (κ2) is 24.5. The quantitative estimate of drug-likeness (QED) is 0.125. The Bertz CT molecular complexity index is 2020. The van der Waals surface area contributed by atoms with Crippen LogP contribution in [-0.4, -0.2) is 166 Å². The number of carbonyl (C=O) groups is 8. The summed E-state index contributed by atoms with van der Waals surface area (Å²) in [6.45, 7) is -3.42. The van der Waals surface area contributed by atoms with Crippen LogP contribution in [0, 0.1) is 0 Å². The van der Waals surface area contributed by atoms with Crippen LogP contribution in [0.15, 0.2) is 97.1 Å². The summed E-state index contributed by atoms with van der Waals surface area (Å²) in [7, 11) is 0. The monoisotopic (exact) mass is 908 g/mol. The van der Waals surface area contributed by atoms with Crippen molar-refractivity contribution in [2.24, 2.45) is 0 Å². The van der Waals surface area contributed by atoms with Crippen LogP contribution in [0.2, 0.25) is 0 Å². The van der Waals surface area contributed by atoms with Crippen molar-refractivity contribution in [3.8, 4) is 0 Å². The molecule has 0 spiro atoms. The van der Waals surface area contributed by atoms with Crippen LogP contribution in [0.4, 0.5) is 22.7 Å². The van der Waals surface area contributed by atoms with E-state index in [0.29, 0.717) is 35.6 Å². The van der Waals surface area contributed by atoms with E-state index < -0.39 is 73.7 Å². The second-order valence-electron chi connectivity index (χ2n) is 15.8. The Kier molecular flexibility index (Phi) is 18.4. The lowest BCUT2D eigenvalue weighted by Crippen LogP contribution is -2.44. The summed E-state index contributed by atoms with van der Waals surface area (Å²) in [5, 5.41) is 49.2. The van der Waals surface area contributed by atoms with E-state index in [0.717, 1.165) is 22.3 Å². The molecule has 4 aromatic carbocycles. The number of hydrogen-bond donors (Lipinski definition) is 8. The van der Waals surface area contributed by atoms with E-state index in [2.05, 4.69) is 21.3 Å². The van der Waals surface area contributed by atoms with Gasteiger partial charge in [0.1, 0.15) is 0 Å². The third-order valence-electron chi connectivity index (χ3n) is 10.1. The van der Waals surface area contributed by atoms with Crippen LogP contribution < -0.4 is 21.3 Å². The summed E-state index contributed by atoms with van der Waals surface area (Å²) in [5.41, 5.74) is 5.40. The molecule has 0 radical (unpaired) electrons. The normalized spacial score (nSPS) is 16.4. The number of nitrogens with zero attached hydrogens (tertiary/aromatic N) is 4. The van der Waals surface area contributed by atoms with Gasteiger partial charge >= 0.3 is 23.9 Å². The van der Waals surface area contributed by atoms with Crippen molar-refractivity contribution >= 4 is 70.3 Å². The maximum Gasteiger partial charge on any atom is 0.317 e. The molecule has 7 heterocycles. The zero-order chi connectivity index (χ0) is 47.6. The van der Waals surface area contributed by atoms with E-state index in [1.165, 1.54) is 19.6 Å². The SMILES string of the molecule is O=C(O)CN1CCN(CC(=O)O)CC(=O)Nc2ccc(cc2)Cc2ccc(cc2)NC(=O)CN(CC(=O)O)CCN(CC(=O)O)CC(=O)Nc2ccc(cc2)Cc2ccc(cc2)NC(=O)C1. The highest BCUT2D eigenvalue weighted by atomic mass is 16.4. The number of hydrogen-bond acceptors (Lipinski definition) is 12. The highest BCUT2D eigenvalue weighted by Crippen LogP contribution is 2.18. The standard InChI is InChI=1S/C46H52N8O12/c55-39-23-51(27-43(59)60)17-18-52(28-44(61)62)25-41(57)49-37-13-5-33(6-14-37)22-34-7-15-38(16-8-34)50-42(58)26-54(30-46(65)66)20-19-53(29-45(63)64)24-40(56)48-36-11-3-32(4-12-36)21-31-1-9-35(47-39)10-2-31/h1-16H,17-30H2,(H,47,55)(H,48,56)(H,49,57)(H,50,58)(H,59,60)(H,61,62)(H,63,64)(H,65,66). The van der Waals surface area contributed by atoms with Crippen molar-refractivity contribution in [1.82, 2.24) is 19.6 Å². The summed E-state index contributed by atoms with van der Waals surface area (Å²) in [5.74, 6) is -6.78. The van der Waals surface area contributed by atoms with Crippen LogP contribution in [0.1, 0.15) is 22.3 Å². The Balaban J connectivity index is 1.32. The molecule has 8 N–H and O–H groups in total. The molecular weight excluding hydrogens is 857 g/mol. The molecule has 7 aliphatic rings. The lowest BCUT2D eigenvalue weighted by molar-refractivity contribution is -0.140. The molecule has 0 saturated carbocycles. The van der Waals surface area contributed by atoms with Gasteiger partial charge in [-0.15, -0.1) is 0 Å². The summed E-state index contributed by atoms with van der Waals surface area (Å²) in [6, 6.07) is 28.0. The highest BCUT2D eigenvalue weighted by Gasteiger charge is 2.21. The molecule has 0 atom stereocenters. The highest BCUT2D eigenvalue weighted by molar-refractivity contribution is 5.94. The number of benzene rings is 4. The summed E-state index contributed by atoms with van der Waals surface area (Å²) in [4.78, 5) is 104. The molecule has 4 aromatic rings. The summed E-state index contributed by atoms with van der Waals surface area (Å²) >= 11 is 0. The zero-order valence-corrected chi connectivity index (χ0v) is 36.0. The minimum absolute atomic E-state index is 0.0295. The van der Waals surface area contributed by atoms with Crippen molar-refractivity contribution in [3.63, 3.8) is 0 Å². The molecule has 4 amide bonds. The Morgan fingerprint density at radius 1 is 0.348 bits per heavy atom. The minimum atomic E-state index is -1.19. The molecule has 20 heteroatoms. The van der Waals surface area contributed by atoms with Crippen molar-refractivity contribution < 1.29 is 58.8 Å². The number of nitrogens with one attached hydrogen (secondary N) is 4. The van der Waals surface area contributed by atoms with Gasteiger partial charge < -0.3 is 41.7 Å². The molecule has 0 unspecified atom stereocenters. The first-order chi connectivity index (χ1) is 31.5. The minimum Gasteiger partial charge on any atom is -0.480 e. The Morgan fingerprint density at radius 3 is 0.697 bits per heavy atom. The van der Waals surface area contributed by atoms with Gasteiger partial charge in [-0.05, 0) is 83.6 Å². The number of anilines is 4. The van der Waals surface area contributed by atoms with Gasteiger partial charge in [0.05, 0.1) is 52.4 Å². The molecule has 0 aromatic heterocycles. The third kappa shape index (κ3) is 17.9. The van der Waals surface area contributed by atoms with Crippen molar-refractivity contribution in [2.75, 3.05) is 99.8 Å². The fourth-order valence-corrected chi connectivity index (χ4v) is 7.10. The van der Waals surface area contributed by atoms with Crippen LogP contribution in [0.5, 0.6) is 0 Å². The van der Waals surface area contributed by atoms with Crippen LogP contribution in [-0.2, 0) is 51.2 Å². The summed E-state index contributed by atoms with van der Waals surface area (Å²) in [6.07, 6.45) is 0.991. The molecule has 348 valence electrons. The van der Waals surface area contributed by atoms with Crippen molar-refractivity contribution in [3.05, 3.63) is 119 Å². The van der Waals surface area contributed by atoms with Gasteiger partial charge in [0.15, 0.2) is 0 Å². The maximum atomic E-state index is 13.0. The maximum absolute atomic E-state index is 13.0. The lowest BCUT2D eigenvalue weighted by atomic mass is 10.0. The topological polar surface area (TPSA) is 279 Å². The fourth-order valence-electron chi connectivity index (χ4n) is 7.10. The van der Waals surface area contributed by atoms with Crippen molar-refractivity contribution in [1.29, 1.82) is 0 Å². The average molecular weight is 909 g/mol. The first kappa shape index (κ1) is 49.5. The fraction of sp³-hybridized carbons (Fsp3) is 0.304. The third-order valence-corrected chi connectivity index (χ3v) is 10.1. The second-order valence-corrected chi connectivity index (χ2v) is 15.8. The van der Waals surface area contributed by atoms with E-state index in [1.54, 1.807) is 97.1 Å². The number of carboxylic acid groups (broad SMARTS) is 4. The number of aliphatic carboxylic acids is 4. The lowest BCUT2D eigenvalue weighted by Gasteiger charge is -2.25. The molecular formula is C46H52N8O12. The Labute approximate surface area is 379 Å². The molecule has 20 nitrogen and oxygen atoms in total. The van der Waals surface area contributed by atoms with E-state index in [1.807, 2.05) is 0 Å². The number of carbonyl (C=O) groups excluding carboxylic acids is 4.